The van der Waals surface area contributed by atoms with Crippen molar-refractivity contribution in [1.82, 2.24) is 0 Å². The average molecular weight is 805 g/mol. The Morgan fingerprint density at radius 1 is 0.500 bits per heavy atom. The fourth-order valence-corrected chi connectivity index (χ4v) is 6.53. The number of carbonyl (C=O) groups excluding carboxylic acids is 2. The molecule has 2 unspecified atom stereocenters. The maximum Gasteiger partial charge on any atom is 0.472 e. The third-order valence-corrected chi connectivity index (χ3v) is 10.1. The van der Waals surface area contributed by atoms with Gasteiger partial charge >= 0.3 is 19.8 Å². The molecule has 2 atom stereocenters. The Morgan fingerprint density at radius 2 is 0.929 bits per heavy atom. The van der Waals surface area contributed by atoms with Crippen molar-refractivity contribution >= 4 is 19.8 Å². The van der Waals surface area contributed by atoms with Crippen LogP contribution < -0.4 is 0 Å². The normalized spacial score (nSPS) is 14.0. The smallest absolute Gasteiger partial charge is 0.462 e. The van der Waals surface area contributed by atoms with E-state index in [4.69, 9.17) is 18.5 Å². The summed E-state index contributed by atoms with van der Waals surface area (Å²) in [5.74, 6) is -0.871. The van der Waals surface area contributed by atoms with E-state index in [-0.39, 0.29) is 32.0 Å². The van der Waals surface area contributed by atoms with Gasteiger partial charge in [-0.15, -0.1) is 0 Å². The second-order valence-corrected chi connectivity index (χ2v) is 15.8. The van der Waals surface area contributed by atoms with Gasteiger partial charge in [-0.05, 0) is 84.0 Å². The van der Waals surface area contributed by atoms with E-state index in [9.17, 15) is 19.0 Å². The zero-order valence-corrected chi connectivity index (χ0v) is 36.7. The van der Waals surface area contributed by atoms with Crippen molar-refractivity contribution in [1.29, 1.82) is 0 Å². The van der Waals surface area contributed by atoms with E-state index >= 15 is 0 Å². The summed E-state index contributed by atoms with van der Waals surface area (Å²) in [6, 6.07) is 0. The average Bonchev–Trinajstić information content (AvgIpc) is 3.18. The fourth-order valence-electron chi connectivity index (χ4n) is 5.78. The van der Waals surface area contributed by atoms with Crippen LogP contribution in [0.15, 0.2) is 72.9 Å². The minimum atomic E-state index is -4.30. The SMILES string of the molecule is CC/C=C\C/C=C\C/C=C\C/C=C\C/C=C\CCCC(=O)OC(COC(=O)CCCCCCCCCCC/C=C\CCCCCCCC)COP(=O)(O)OCC. The van der Waals surface area contributed by atoms with Crippen LogP contribution in [0.5, 0.6) is 0 Å². The molecule has 0 amide bonds. The van der Waals surface area contributed by atoms with E-state index < -0.39 is 26.5 Å². The van der Waals surface area contributed by atoms with Gasteiger partial charge in [-0.1, -0.05) is 164 Å². The summed E-state index contributed by atoms with van der Waals surface area (Å²) in [5.41, 5.74) is 0. The predicted molar refractivity (Wildman–Crippen MR) is 234 cm³/mol. The summed E-state index contributed by atoms with van der Waals surface area (Å²) in [6.07, 6.45) is 52.5. The quantitative estimate of drug-likeness (QED) is 0.0282. The molecule has 0 aliphatic rings. The van der Waals surface area contributed by atoms with Crippen molar-refractivity contribution in [3.05, 3.63) is 72.9 Å². The summed E-state index contributed by atoms with van der Waals surface area (Å²) >= 11 is 0. The number of esters is 2. The molecule has 0 bridgehead atoms. The summed E-state index contributed by atoms with van der Waals surface area (Å²) in [5, 5.41) is 0. The largest absolute Gasteiger partial charge is 0.472 e. The molecule has 322 valence electrons. The van der Waals surface area contributed by atoms with Crippen molar-refractivity contribution in [2.24, 2.45) is 0 Å². The number of unbranched alkanes of at least 4 members (excludes halogenated alkanes) is 16. The molecule has 0 aromatic rings. The van der Waals surface area contributed by atoms with Gasteiger partial charge in [0.25, 0.3) is 0 Å². The van der Waals surface area contributed by atoms with Crippen LogP contribution in [0.25, 0.3) is 0 Å². The molecule has 0 rings (SSSR count). The minimum absolute atomic E-state index is 0.0136. The van der Waals surface area contributed by atoms with Crippen molar-refractivity contribution in [3.63, 3.8) is 0 Å². The zero-order valence-electron chi connectivity index (χ0n) is 35.8. The van der Waals surface area contributed by atoms with Crippen LogP contribution in [0.3, 0.4) is 0 Å². The van der Waals surface area contributed by atoms with Crippen LogP contribution in [-0.2, 0) is 32.7 Å². The molecule has 8 nitrogen and oxygen atoms in total. The third kappa shape index (κ3) is 41.1. The first-order valence-electron chi connectivity index (χ1n) is 22.2. The third-order valence-electron chi connectivity index (χ3n) is 9.00. The monoisotopic (exact) mass is 805 g/mol. The number of allylic oxidation sites excluding steroid dienone is 12. The first kappa shape index (κ1) is 53.5. The maximum absolute atomic E-state index is 12.5. The Morgan fingerprint density at radius 3 is 1.45 bits per heavy atom. The maximum atomic E-state index is 12.5. The molecule has 0 saturated carbocycles. The fraction of sp³-hybridized carbons (Fsp3) is 0.702. The number of ether oxygens (including phenoxy) is 2. The van der Waals surface area contributed by atoms with E-state index in [0.717, 1.165) is 51.4 Å². The first-order chi connectivity index (χ1) is 27.3. The van der Waals surface area contributed by atoms with Crippen LogP contribution in [0.4, 0.5) is 0 Å². The highest BCUT2D eigenvalue weighted by Crippen LogP contribution is 2.43. The molecule has 0 spiro atoms. The lowest BCUT2D eigenvalue weighted by Gasteiger charge is -2.19. The Bertz CT molecular complexity index is 1140. The molecule has 9 heteroatoms. The summed E-state index contributed by atoms with van der Waals surface area (Å²) in [6.45, 7) is 5.29. The van der Waals surface area contributed by atoms with Crippen LogP contribution in [0, 0.1) is 0 Å². The molecule has 0 aromatic carbocycles. The summed E-state index contributed by atoms with van der Waals surface area (Å²) in [7, 11) is -4.30. The Hall–Kier alpha value is -2.51. The zero-order chi connectivity index (χ0) is 41.1. The van der Waals surface area contributed by atoms with Gasteiger partial charge in [0.15, 0.2) is 6.10 Å². The second-order valence-electron chi connectivity index (χ2n) is 14.3. The topological polar surface area (TPSA) is 108 Å². The lowest BCUT2D eigenvalue weighted by Crippen LogP contribution is -2.29. The van der Waals surface area contributed by atoms with E-state index in [0.29, 0.717) is 12.8 Å². The van der Waals surface area contributed by atoms with Gasteiger partial charge in [0.05, 0.1) is 13.2 Å². The number of phosphoric ester groups is 1. The Labute approximate surface area is 343 Å². The summed E-state index contributed by atoms with van der Waals surface area (Å²) in [4.78, 5) is 34.8. The molecular formula is C47H81O8P. The van der Waals surface area contributed by atoms with E-state index in [1.54, 1.807) is 6.92 Å². The molecule has 0 fully saturated rings. The molecule has 56 heavy (non-hydrogen) atoms. The number of hydrogen-bond donors (Lipinski definition) is 1. The van der Waals surface area contributed by atoms with Crippen molar-refractivity contribution < 1.29 is 37.6 Å². The minimum Gasteiger partial charge on any atom is -0.462 e. The van der Waals surface area contributed by atoms with E-state index in [1.807, 2.05) is 6.08 Å². The molecule has 0 aliphatic heterocycles. The van der Waals surface area contributed by atoms with Crippen LogP contribution in [0.2, 0.25) is 0 Å². The van der Waals surface area contributed by atoms with Gasteiger partial charge in [0.2, 0.25) is 0 Å². The van der Waals surface area contributed by atoms with Crippen LogP contribution in [0.1, 0.15) is 188 Å². The molecule has 1 N–H and O–H groups in total. The van der Waals surface area contributed by atoms with Crippen LogP contribution in [-0.4, -0.2) is 42.8 Å². The van der Waals surface area contributed by atoms with Gasteiger partial charge in [0, 0.05) is 12.8 Å². The molecule has 0 aliphatic carbocycles. The lowest BCUT2D eigenvalue weighted by molar-refractivity contribution is -0.161. The van der Waals surface area contributed by atoms with Gasteiger partial charge in [-0.25, -0.2) is 4.57 Å². The molecule has 0 radical (unpaired) electrons. The van der Waals surface area contributed by atoms with E-state index in [2.05, 4.69) is 80.7 Å². The number of hydrogen-bond acceptors (Lipinski definition) is 7. The van der Waals surface area contributed by atoms with Gasteiger partial charge in [0.1, 0.15) is 6.61 Å². The van der Waals surface area contributed by atoms with Crippen LogP contribution >= 0.6 is 7.82 Å². The molecular weight excluding hydrogens is 723 g/mol. The lowest BCUT2D eigenvalue weighted by atomic mass is 10.1. The predicted octanol–water partition coefficient (Wildman–Crippen LogP) is 14.1. The molecule has 0 aromatic heterocycles. The highest BCUT2D eigenvalue weighted by Gasteiger charge is 2.25. The summed E-state index contributed by atoms with van der Waals surface area (Å²) < 4.78 is 32.6. The number of rotatable bonds is 40. The van der Waals surface area contributed by atoms with Gasteiger partial charge in [-0.2, -0.15) is 0 Å². The highest BCUT2D eigenvalue weighted by molar-refractivity contribution is 7.47. The number of carbonyl (C=O) groups is 2. The van der Waals surface area contributed by atoms with Gasteiger partial charge < -0.3 is 14.4 Å². The van der Waals surface area contributed by atoms with Crippen molar-refractivity contribution in [3.8, 4) is 0 Å². The molecule has 0 saturated heterocycles. The Balaban J connectivity index is 4.16. The van der Waals surface area contributed by atoms with Crippen molar-refractivity contribution in [2.75, 3.05) is 19.8 Å². The Kier molecular flexibility index (Phi) is 40.2. The van der Waals surface area contributed by atoms with E-state index in [1.165, 1.54) is 89.9 Å². The standard InChI is InChI=1S/C47H81O8P/c1-4-7-9-11-13-15-17-19-21-23-24-26-27-29-31-33-35-37-39-41-46(48)52-43-45(44-54-56(50,51)53-6-3)55-47(49)42-40-38-36-34-32-30-28-25-22-20-18-16-14-12-10-8-5-2/h8,10,14,16,19-22,28,30,34,36,45H,4-7,9,11-13,15,17-18,23-27,29,31-33,35,37-44H2,1-3H3,(H,50,51)/b10-8-,16-14-,21-19-,22-20-,30-28-,36-34-. The van der Waals surface area contributed by atoms with Crippen molar-refractivity contribution in [2.45, 2.75) is 194 Å². The number of phosphoric acid groups is 1. The first-order valence-corrected chi connectivity index (χ1v) is 23.7. The molecule has 0 heterocycles. The highest BCUT2D eigenvalue weighted by atomic mass is 31.2. The second kappa shape index (κ2) is 42.1. The van der Waals surface area contributed by atoms with Gasteiger partial charge in [-0.3, -0.25) is 18.6 Å².